The van der Waals surface area contributed by atoms with E-state index in [0.29, 0.717) is 28.6 Å². The van der Waals surface area contributed by atoms with Gasteiger partial charge in [0.1, 0.15) is 23.0 Å². The maximum absolute atomic E-state index is 12.8. The highest BCUT2D eigenvalue weighted by atomic mass is 19.4. The summed E-state index contributed by atoms with van der Waals surface area (Å²) >= 11 is 0. The number of rotatable bonds is 5. The van der Waals surface area contributed by atoms with Crippen LogP contribution in [0.1, 0.15) is 11.3 Å². The molecular weight excluding hydrogens is 433 g/mol. The van der Waals surface area contributed by atoms with E-state index in [-0.39, 0.29) is 11.7 Å². The third-order valence-electron chi connectivity index (χ3n) is 4.69. The zero-order valence-corrected chi connectivity index (χ0v) is 17.4. The Hall–Kier alpha value is -4.34. The van der Waals surface area contributed by atoms with Gasteiger partial charge in [-0.1, -0.05) is 6.07 Å². The highest BCUT2D eigenvalue weighted by molar-refractivity contribution is 5.69. The Morgan fingerprint density at radius 1 is 0.879 bits per heavy atom. The standard InChI is InChI=1S/C23H19F3N6O/c1-13-10-14(2-7-18(13)27)19-12-21(32-22(28)31-19)30-15-3-5-16(6-4-15)33-17-8-9-29-20(11-17)23(24,25)26/h2-12H,27H2,1H3,(H3,28,30,31,32). The number of halogens is 3. The highest BCUT2D eigenvalue weighted by Gasteiger charge is 2.32. The molecule has 0 aliphatic rings. The van der Waals surface area contributed by atoms with Crippen molar-refractivity contribution in [2.24, 2.45) is 0 Å². The van der Waals surface area contributed by atoms with E-state index in [0.717, 1.165) is 23.4 Å². The molecule has 0 aliphatic heterocycles. The first-order chi connectivity index (χ1) is 15.7. The zero-order chi connectivity index (χ0) is 23.6. The largest absolute Gasteiger partial charge is 0.457 e. The number of nitrogen functional groups attached to an aromatic ring is 2. The minimum Gasteiger partial charge on any atom is -0.457 e. The summed E-state index contributed by atoms with van der Waals surface area (Å²) in [5.41, 5.74) is 14.5. The first kappa shape index (κ1) is 21.9. The average Bonchev–Trinajstić information content (AvgIpc) is 2.76. The van der Waals surface area contributed by atoms with E-state index in [4.69, 9.17) is 16.2 Å². The number of hydrogen-bond donors (Lipinski definition) is 3. The van der Waals surface area contributed by atoms with E-state index >= 15 is 0 Å². The molecule has 0 radical (unpaired) electrons. The lowest BCUT2D eigenvalue weighted by Crippen LogP contribution is -2.07. The van der Waals surface area contributed by atoms with Crippen LogP contribution in [0.25, 0.3) is 11.3 Å². The molecule has 5 N–H and O–H groups in total. The second kappa shape index (κ2) is 8.65. The molecule has 0 fully saturated rings. The van der Waals surface area contributed by atoms with Gasteiger partial charge in [-0.3, -0.25) is 4.98 Å². The van der Waals surface area contributed by atoms with Crippen LogP contribution < -0.4 is 21.5 Å². The van der Waals surface area contributed by atoms with E-state index in [2.05, 4.69) is 20.3 Å². The number of anilines is 4. The van der Waals surface area contributed by atoms with E-state index in [9.17, 15) is 13.2 Å². The van der Waals surface area contributed by atoms with Crippen molar-refractivity contribution in [1.29, 1.82) is 0 Å². The third kappa shape index (κ3) is 5.29. The Bertz CT molecular complexity index is 1290. The van der Waals surface area contributed by atoms with Crippen LogP contribution >= 0.6 is 0 Å². The zero-order valence-electron chi connectivity index (χ0n) is 17.4. The van der Waals surface area contributed by atoms with Gasteiger partial charge in [0.15, 0.2) is 0 Å². The fourth-order valence-corrected chi connectivity index (χ4v) is 3.03. The van der Waals surface area contributed by atoms with Gasteiger partial charge in [0.2, 0.25) is 5.95 Å². The SMILES string of the molecule is Cc1cc(-c2cc(Nc3ccc(Oc4ccnc(C(F)(F)F)c4)cc3)nc(N)n2)ccc1N. The number of aryl methyl sites for hydroxylation is 1. The Morgan fingerprint density at radius 3 is 2.33 bits per heavy atom. The molecule has 0 saturated carbocycles. The second-order valence-corrected chi connectivity index (χ2v) is 7.19. The average molecular weight is 452 g/mol. The van der Waals surface area contributed by atoms with Crippen LogP contribution in [0, 0.1) is 6.92 Å². The number of ether oxygens (including phenoxy) is 1. The van der Waals surface area contributed by atoms with Gasteiger partial charge in [-0.15, -0.1) is 0 Å². The molecule has 7 nitrogen and oxygen atoms in total. The molecule has 10 heteroatoms. The number of alkyl halides is 3. The summed E-state index contributed by atoms with van der Waals surface area (Å²) in [6.07, 6.45) is -3.50. The fraction of sp³-hybridized carbons (Fsp3) is 0.0870. The van der Waals surface area contributed by atoms with Crippen molar-refractivity contribution in [3.63, 3.8) is 0 Å². The molecule has 0 bridgehead atoms. The molecule has 0 atom stereocenters. The predicted octanol–water partition coefficient (Wildman–Crippen LogP) is 5.57. The molecule has 2 aromatic heterocycles. The number of nitrogens with two attached hydrogens (primary N) is 2. The van der Waals surface area contributed by atoms with E-state index < -0.39 is 11.9 Å². The third-order valence-corrected chi connectivity index (χ3v) is 4.69. The first-order valence-corrected chi connectivity index (χ1v) is 9.76. The van der Waals surface area contributed by atoms with E-state index in [1.54, 1.807) is 36.4 Å². The van der Waals surface area contributed by atoms with Crippen LogP contribution in [0.2, 0.25) is 0 Å². The van der Waals surface area contributed by atoms with Crippen molar-refractivity contribution in [2.45, 2.75) is 13.1 Å². The summed E-state index contributed by atoms with van der Waals surface area (Å²) < 4.78 is 44.0. The maximum atomic E-state index is 12.8. The summed E-state index contributed by atoms with van der Waals surface area (Å²) in [5, 5.41) is 3.13. The van der Waals surface area contributed by atoms with Crippen LogP contribution in [0.3, 0.4) is 0 Å². The summed E-state index contributed by atoms with van der Waals surface area (Å²) in [4.78, 5) is 11.8. The monoisotopic (exact) mass is 452 g/mol. The minimum absolute atomic E-state index is 0.0324. The van der Waals surface area contributed by atoms with Gasteiger partial charge in [-0.05, 0) is 55.0 Å². The van der Waals surface area contributed by atoms with Gasteiger partial charge >= 0.3 is 6.18 Å². The normalized spacial score (nSPS) is 11.3. The van der Waals surface area contributed by atoms with Gasteiger partial charge in [0, 0.05) is 35.3 Å². The molecule has 2 heterocycles. The summed E-state index contributed by atoms with van der Waals surface area (Å²) in [5.74, 6) is 0.970. The van der Waals surface area contributed by atoms with Crippen molar-refractivity contribution in [2.75, 3.05) is 16.8 Å². The smallest absolute Gasteiger partial charge is 0.433 e. The lowest BCUT2D eigenvalue weighted by atomic mass is 10.1. The molecule has 0 aliphatic carbocycles. The number of pyridine rings is 1. The van der Waals surface area contributed by atoms with Crippen LogP contribution in [0.15, 0.2) is 66.9 Å². The van der Waals surface area contributed by atoms with Crippen molar-refractivity contribution in [1.82, 2.24) is 15.0 Å². The van der Waals surface area contributed by atoms with Crippen LogP contribution in [0.5, 0.6) is 11.5 Å². The summed E-state index contributed by atoms with van der Waals surface area (Å²) in [7, 11) is 0. The number of nitrogens with zero attached hydrogens (tertiary/aromatic N) is 3. The maximum Gasteiger partial charge on any atom is 0.433 e. The second-order valence-electron chi connectivity index (χ2n) is 7.19. The Balaban J connectivity index is 1.50. The Kier molecular flexibility index (Phi) is 5.74. The lowest BCUT2D eigenvalue weighted by molar-refractivity contribution is -0.141. The van der Waals surface area contributed by atoms with Crippen molar-refractivity contribution in [3.8, 4) is 22.8 Å². The van der Waals surface area contributed by atoms with Gasteiger partial charge in [-0.25, -0.2) is 4.98 Å². The van der Waals surface area contributed by atoms with Crippen LogP contribution in [0.4, 0.5) is 36.3 Å². The predicted molar refractivity (Wildman–Crippen MR) is 120 cm³/mol. The molecule has 4 aromatic rings. The molecule has 0 saturated heterocycles. The summed E-state index contributed by atoms with van der Waals surface area (Å²) in [6.45, 7) is 1.90. The molecule has 0 spiro atoms. The van der Waals surface area contributed by atoms with Crippen LogP contribution in [-0.4, -0.2) is 15.0 Å². The molecular formula is C23H19F3N6O. The molecule has 0 unspecified atom stereocenters. The molecule has 33 heavy (non-hydrogen) atoms. The van der Waals surface area contributed by atoms with Gasteiger partial charge < -0.3 is 21.5 Å². The van der Waals surface area contributed by atoms with Crippen LogP contribution in [-0.2, 0) is 6.18 Å². The first-order valence-electron chi connectivity index (χ1n) is 9.76. The Morgan fingerprint density at radius 2 is 1.64 bits per heavy atom. The van der Waals surface area contributed by atoms with Gasteiger partial charge in [-0.2, -0.15) is 18.2 Å². The highest BCUT2D eigenvalue weighted by Crippen LogP contribution is 2.32. The number of benzene rings is 2. The fourth-order valence-electron chi connectivity index (χ4n) is 3.03. The van der Waals surface area contributed by atoms with Crippen molar-refractivity contribution in [3.05, 3.63) is 78.1 Å². The Labute approximate surface area is 187 Å². The van der Waals surface area contributed by atoms with Gasteiger partial charge in [0.05, 0.1) is 5.69 Å². The van der Waals surface area contributed by atoms with E-state index in [1.165, 1.54) is 6.07 Å². The summed E-state index contributed by atoms with van der Waals surface area (Å²) in [6, 6.07) is 16.1. The number of nitrogens with one attached hydrogen (secondary N) is 1. The molecule has 2 aromatic carbocycles. The van der Waals surface area contributed by atoms with Gasteiger partial charge in [0.25, 0.3) is 0 Å². The number of aromatic nitrogens is 3. The van der Waals surface area contributed by atoms with E-state index in [1.807, 2.05) is 19.1 Å². The molecule has 168 valence electrons. The lowest BCUT2D eigenvalue weighted by Gasteiger charge is -2.11. The molecule has 0 amide bonds. The van der Waals surface area contributed by atoms with Crippen molar-refractivity contribution >= 4 is 23.1 Å². The van der Waals surface area contributed by atoms with Crippen molar-refractivity contribution < 1.29 is 17.9 Å². The molecule has 4 rings (SSSR count). The minimum atomic E-state index is -4.55. The number of hydrogen-bond acceptors (Lipinski definition) is 7. The quantitative estimate of drug-likeness (QED) is 0.340. The topological polar surface area (TPSA) is 112 Å².